The van der Waals surface area contributed by atoms with E-state index in [0.717, 1.165) is 18.9 Å². The van der Waals surface area contributed by atoms with Crippen molar-refractivity contribution in [2.24, 2.45) is 5.92 Å². The van der Waals surface area contributed by atoms with Gasteiger partial charge in [-0.25, -0.2) is 4.98 Å². The Bertz CT molecular complexity index is 399. The predicted octanol–water partition coefficient (Wildman–Crippen LogP) is 4.54. The van der Waals surface area contributed by atoms with E-state index in [-0.39, 0.29) is 5.41 Å². The Kier molecular flexibility index (Phi) is 5.62. The third-order valence-corrected chi connectivity index (χ3v) is 5.21. The number of nitrogens with zero attached hydrogens (tertiary/aromatic N) is 1. The molecule has 2 rings (SSSR count). The molecule has 0 bridgehead atoms. The standard InChI is InChI=1S/C17H30N2S/c1-5-10-18-14(13-8-6-7-9-13)11-16-19-15(12-20-16)17(2,3)4/h12-14,18H,5-11H2,1-4H3. The normalized spacial score (nSPS) is 18.6. The van der Waals surface area contributed by atoms with Crippen LogP contribution in [-0.2, 0) is 11.8 Å². The van der Waals surface area contributed by atoms with E-state index < -0.39 is 0 Å². The Hall–Kier alpha value is -0.410. The molecule has 1 unspecified atom stereocenters. The Labute approximate surface area is 128 Å². The highest BCUT2D eigenvalue weighted by Crippen LogP contribution is 2.31. The molecule has 0 aromatic carbocycles. The van der Waals surface area contributed by atoms with Gasteiger partial charge in [-0.15, -0.1) is 11.3 Å². The maximum atomic E-state index is 4.88. The minimum absolute atomic E-state index is 0.175. The molecule has 114 valence electrons. The van der Waals surface area contributed by atoms with Gasteiger partial charge in [0.1, 0.15) is 0 Å². The third kappa shape index (κ3) is 4.29. The van der Waals surface area contributed by atoms with E-state index in [2.05, 4.69) is 38.4 Å². The largest absolute Gasteiger partial charge is 0.313 e. The number of hydrogen-bond donors (Lipinski definition) is 1. The van der Waals surface area contributed by atoms with Crippen molar-refractivity contribution in [3.63, 3.8) is 0 Å². The Morgan fingerprint density at radius 3 is 2.60 bits per heavy atom. The van der Waals surface area contributed by atoms with Gasteiger partial charge in [-0.05, 0) is 31.7 Å². The SMILES string of the molecule is CCCNC(Cc1nc(C(C)(C)C)cs1)C1CCCC1. The number of nitrogens with one attached hydrogen (secondary N) is 1. The van der Waals surface area contributed by atoms with Crippen LogP contribution in [0.15, 0.2) is 5.38 Å². The fraction of sp³-hybridized carbons (Fsp3) is 0.824. The summed E-state index contributed by atoms with van der Waals surface area (Å²) in [6.45, 7) is 10.1. The molecule has 1 aromatic heterocycles. The average Bonchev–Trinajstić information content (AvgIpc) is 3.04. The van der Waals surface area contributed by atoms with Crippen LogP contribution in [0.2, 0.25) is 0 Å². The van der Waals surface area contributed by atoms with E-state index in [9.17, 15) is 0 Å². The molecule has 2 nitrogen and oxygen atoms in total. The van der Waals surface area contributed by atoms with Gasteiger partial charge >= 0.3 is 0 Å². The van der Waals surface area contributed by atoms with Gasteiger partial charge in [0.2, 0.25) is 0 Å². The number of rotatable bonds is 6. The molecule has 1 N–H and O–H groups in total. The van der Waals surface area contributed by atoms with Crippen molar-refractivity contribution in [3.8, 4) is 0 Å². The van der Waals surface area contributed by atoms with E-state index in [1.54, 1.807) is 0 Å². The molecule has 1 aliphatic rings. The van der Waals surface area contributed by atoms with Crippen molar-refractivity contribution in [1.82, 2.24) is 10.3 Å². The van der Waals surface area contributed by atoms with Crippen LogP contribution in [0.3, 0.4) is 0 Å². The summed E-state index contributed by atoms with van der Waals surface area (Å²) in [6.07, 6.45) is 7.97. The topological polar surface area (TPSA) is 24.9 Å². The van der Waals surface area contributed by atoms with Crippen molar-refractivity contribution < 1.29 is 0 Å². The van der Waals surface area contributed by atoms with Crippen molar-refractivity contribution in [1.29, 1.82) is 0 Å². The second kappa shape index (κ2) is 7.04. The monoisotopic (exact) mass is 294 g/mol. The summed E-state index contributed by atoms with van der Waals surface area (Å²) in [6, 6.07) is 0.636. The van der Waals surface area contributed by atoms with E-state index >= 15 is 0 Å². The molecule has 20 heavy (non-hydrogen) atoms. The van der Waals surface area contributed by atoms with E-state index in [4.69, 9.17) is 4.98 Å². The van der Waals surface area contributed by atoms with Gasteiger partial charge in [0.05, 0.1) is 10.7 Å². The highest BCUT2D eigenvalue weighted by atomic mass is 32.1. The smallest absolute Gasteiger partial charge is 0.0944 e. The fourth-order valence-corrected chi connectivity index (χ4v) is 4.11. The van der Waals surface area contributed by atoms with Crippen molar-refractivity contribution in [2.45, 2.75) is 77.7 Å². The molecule has 0 amide bonds. The van der Waals surface area contributed by atoms with Crippen LogP contribution in [0.1, 0.15) is 70.5 Å². The Morgan fingerprint density at radius 1 is 1.35 bits per heavy atom. The molecule has 1 atom stereocenters. The fourth-order valence-electron chi connectivity index (χ4n) is 3.03. The van der Waals surface area contributed by atoms with Crippen LogP contribution in [0.4, 0.5) is 0 Å². The van der Waals surface area contributed by atoms with Crippen LogP contribution in [0.5, 0.6) is 0 Å². The zero-order valence-corrected chi connectivity index (χ0v) is 14.4. The summed E-state index contributed by atoms with van der Waals surface area (Å²) in [4.78, 5) is 4.88. The molecule has 0 radical (unpaired) electrons. The number of aromatic nitrogens is 1. The van der Waals surface area contributed by atoms with Crippen LogP contribution >= 0.6 is 11.3 Å². The number of thiazole rings is 1. The van der Waals surface area contributed by atoms with Crippen LogP contribution in [0.25, 0.3) is 0 Å². The average molecular weight is 295 g/mol. The van der Waals surface area contributed by atoms with Crippen LogP contribution < -0.4 is 5.32 Å². The highest BCUT2D eigenvalue weighted by Gasteiger charge is 2.26. The molecular weight excluding hydrogens is 264 g/mol. The van der Waals surface area contributed by atoms with Crippen molar-refractivity contribution in [2.75, 3.05) is 6.54 Å². The zero-order valence-electron chi connectivity index (χ0n) is 13.5. The second-order valence-electron chi connectivity index (χ2n) is 7.19. The third-order valence-electron chi connectivity index (χ3n) is 4.34. The zero-order chi connectivity index (χ0) is 14.6. The summed E-state index contributed by atoms with van der Waals surface area (Å²) < 4.78 is 0. The molecule has 1 aliphatic carbocycles. The molecule has 1 fully saturated rings. The lowest BCUT2D eigenvalue weighted by atomic mass is 9.93. The first-order valence-corrected chi connectivity index (χ1v) is 9.07. The van der Waals surface area contributed by atoms with Gasteiger partial charge in [-0.1, -0.05) is 40.5 Å². The van der Waals surface area contributed by atoms with E-state index in [0.29, 0.717) is 6.04 Å². The van der Waals surface area contributed by atoms with E-state index in [1.165, 1.54) is 42.8 Å². The lowest BCUT2D eigenvalue weighted by Gasteiger charge is -2.24. The summed E-state index contributed by atoms with van der Waals surface area (Å²) in [5.41, 5.74) is 1.42. The Balaban J connectivity index is 2.01. The number of hydrogen-bond acceptors (Lipinski definition) is 3. The van der Waals surface area contributed by atoms with Gasteiger partial charge < -0.3 is 5.32 Å². The molecule has 1 heterocycles. The Morgan fingerprint density at radius 2 is 2.05 bits per heavy atom. The maximum Gasteiger partial charge on any atom is 0.0944 e. The lowest BCUT2D eigenvalue weighted by Crippen LogP contribution is -2.37. The molecular formula is C17H30N2S. The predicted molar refractivity (Wildman–Crippen MR) is 88.6 cm³/mol. The van der Waals surface area contributed by atoms with Gasteiger partial charge in [0.25, 0.3) is 0 Å². The first-order chi connectivity index (χ1) is 9.50. The second-order valence-corrected chi connectivity index (χ2v) is 8.13. The van der Waals surface area contributed by atoms with Crippen molar-refractivity contribution in [3.05, 3.63) is 16.1 Å². The highest BCUT2D eigenvalue weighted by molar-refractivity contribution is 7.09. The first-order valence-electron chi connectivity index (χ1n) is 8.19. The van der Waals surface area contributed by atoms with E-state index in [1.807, 2.05) is 11.3 Å². The quantitative estimate of drug-likeness (QED) is 0.833. The van der Waals surface area contributed by atoms with Crippen LogP contribution in [0, 0.1) is 5.92 Å². The molecule has 3 heteroatoms. The summed E-state index contributed by atoms with van der Waals surface area (Å²) in [5.74, 6) is 0.864. The first kappa shape index (κ1) is 16.0. The maximum absolute atomic E-state index is 4.88. The minimum atomic E-state index is 0.175. The van der Waals surface area contributed by atoms with Crippen LogP contribution in [-0.4, -0.2) is 17.6 Å². The van der Waals surface area contributed by atoms with Gasteiger partial charge in [0.15, 0.2) is 0 Å². The van der Waals surface area contributed by atoms with Gasteiger partial charge in [-0.2, -0.15) is 0 Å². The minimum Gasteiger partial charge on any atom is -0.313 e. The summed E-state index contributed by atoms with van der Waals surface area (Å²) >= 11 is 1.85. The molecule has 1 aromatic rings. The lowest BCUT2D eigenvalue weighted by molar-refractivity contribution is 0.356. The molecule has 0 spiro atoms. The molecule has 0 saturated heterocycles. The molecule has 1 saturated carbocycles. The van der Waals surface area contributed by atoms with Gasteiger partial charge in [-0.3, -0.25) is 0 Å². The van der Waals surface area contributed by atoms with Crippen molar-refractivity contribution >= 4 is 11.3 Å². The summed E-state index contributed by atoms with van der Waals surface area (Å²) in [5, 5.41) is 7.34. The van der Waals surface area contributed by atoms with Gasteiger partial charge in [0, 0.05) is 23.3 Å². The molecule has 0 aliphatic heterocycles. The summed E-state index contributed by atoms with van der Waals surface area (Å²) in [7, 11) is 0.